The molecule has 2 saturated heterocycles. The van der Waals surface area contributed by atoms with Crippen molar-refractivity contribution in [3.05, 3.63) is 57.4 Å². The van der Waals surface area contributed by atoms with Gasteiger partial charge >= 0.3 is 0 Å². The normalized spacial score (nSPS) is 25.6. The number of allylic oxidation sites excluding steroid dienone is 1. The highest BCUT2D eigenvalue weighted by atomic mass is 32.2. The average Bonchev–Trinajstić information content (AvgIpc) is 3.25. The maximum absolute atomic E-state index is 14.5. The zero-order chi connectivity index (χ0) is 27.6. The van der Waals surface area contributed by atoms with Crippen molar-refractivity contribution in [2.75, 3.05) is 51.8 Å². The van der Waals surface area contributed by atoms with Gasteiger partial charge in [0.05, 0.1) is 25.5 Å². The number of rotatable bonds is 7. The van der Waals surface area contributed by atoms with Crippen LogP contribution in [0.25, 0.3) is 5.57 Å². The van der Waals surface area contributed by atoms with E-state index >= 15 is 0 Å². The fourth-order valence-electron chi connectivity index (χ4n) is 6.67. The zero-order valence-corrected chi connectivity index (χ0v) is 23.5. The summed E-state index contributed by atoms with van der Waals surface area (Å²) in [6.45, 7) is 6.06. The predicted molar refractivity (Wildman–Crippen MR) is 150 cm³/mol. The number of primary amides is 1. The SMILES string of the molecule is NC(=O)c1nn2c(c1[C@H]1CN[C@H](CCCN3CCOCC3)C[C@@H]1c1ccc(F)c(F)c1)C1=C(OCC2)SCCC1. The van der Waals surface area contributed by atoms with E-state index < -0.39 is 17.5 Å². The monoisotopic (exact) mass is 573 g/mol. The minimum absolute atomic E-state index is 0.138. The Morgan fingerprint density at radius 3 is 2.80 bits per heavy atom. The Bertz CT molecular complexity index is 1280. The summed E-state index contributed by atoms with van der Waals surface area (Å²) >= 11 is 1.70. The molecule has 3 N–H and O–H groups in total. The van der Waals surface area contributed by atoms with Gasteiger partial charge < -0.3 is 20.5 Å². The first-order valence-electron chi connectivity index (χ1n) is 14.4. The van der Waals surface area contributed by atoms with Crippen LogP contribution in [0, 0.1) is 11.6 Å². The standard InChI is InChI=1S/C29H37F2N5O3S/c30-23-6-5-18(15-24(23)31)21-16-19(3-1-7-35-8-11-38-12-9-35)33-17-22(21)25-26(28(32)37)34-36-10-13-39-29-20(27(25)36)4-2-14-40-29/h5-6,15,19,21-22,33H,1-4,7-14,16-17H2,(H2,32,37)/t19-,21-,22+/m1/s1. The molecule has 0 bridgehead atoms. The Morgan fingerprint density at radius 1 is 1.15 bits per heavy atom. The third-order valence-electron chi connectivity index (χ3n) is 8.62. The summed E-state index contributed by atoms with van der Waals surface area (Å²) in [6, 6.07) is 4.42. The number of morpholine rings is 1. The van der Waals surface area contributed by atoms with E-state index in [9.17, 15) is 13.6 Å². The van der Waals surface area contributed by atoms with Crippen molar-refractivity contribution in [3.63, 3.8) is 0 Å². The quantitative estimate of drug-likeness (QED) is 0.520. The second-order valence-corrected chi connectivity index (χ2v) is 12.2. The molecule has 8 nitrogen and oxygen atoms in total. The number of nitrogens with one attached hydrogen (secondary N) is 1. The van der Waals surface area contributed by atoms with E-state index in [4.69, 9.17) is 20.3 Å². The molecule has 2 fully saturated rings. The van der Waals surface area contributed by atoms with Gasteiger partial charge in [-0.25, -0.2) is 8.78 Å². The van der Waals surface area contributed by atoms with E-state index in [0.717, 1.165) is 98.2 Å². The molecule has 0 unspecified atom stereocenters. The summed E-state index contributed by atoms with van der Waals surface area (Å²) in [5.41, 5.74) is 9.71. The number of nitrogens with two attached hydrogens (primary N) is 1. The van der Waals surface area contributed by atoms with Crippen molar-refractivity contribution in [2.24, 2.45) is 5.73 Å². The molecule has 4 aliphatic rings. The maximum atomic E-state index is 14.5. The number of carbonyl (C=O) groups is 1. The van der Waals surface area contributed by atoms with Gasteiger partial charge in [-0.05, 0) is 62.3 Å². The molecule has 0 radical (unpaired) electrons. The average molecular weight is 574 g/mol. The van der Waals surface area contributed by atoms with Crippen LogP contribution < -0.4 is 11.1 Å². The fraction of sp³-hybridized carbons (Fsp3) is 0.586. The lowest BCUT2D eigenvalue weighted by Gasteiger charge is -2.38. The molecule has 216 valence electrons. The van der Waals surface area contributed by atoms with Gasteiger partial charge in [0, 0.05) is 48.5 Å². The van der Waals surface area contributed by atoms with Crippen LogP contribution in [0.15, 0.2) is 23.3 Å². The Balaban J connectivity index is 1.34. The molecule has 1 aromatic heterocycles. The van der Waals surface area contributed by atoms with E-state index in [1.165, 1.54) is 12.1 Å². The third-order valence-corrected chi connectivity index (χ3v) is 9.74. The predicted octanol–water partition coefficient (Wildman–Crippen LogP) is 3.83. The number of aromatic nitrogens is 2. The lowest BCUT2D eigenvalue weighted by Crippen LogP contribution is -2.43. The minimum atomic E-state index is -0.861. The number of fused-ring (bicyclic) bond motifs is 2. The van der Waals surface area contributed by atoms with Gasteiger partial charge in [-0.15, -0.1) is 0 Å². The highest BCUT2D eigenvalue weighted by molar-refractivity contribution is 8.03. The molecule has 5 heterocycles. The molecular formula is C29H37F2N5O3S. The van der Waals surface area contributed by atoms with Crippen molar-refractivity contribution >= 4 is 23.2 Å². The van der Waals surface area contributed by atoms with Gasteiger partial charge in [0.2, 0.25) is 0 Å². The summed E-state index contributed by atoms with van der Waals surface area (Å²) in [6.07, 6.45) is 4.58. The van der Waals surface area contributed by atoms with E-state index in [1.54, 1.807) is 17.8 Å². The number of thioether (sulfide) groups is 1. The molecule has 11 heteroatoms. The summed E-state index contributed by atoms with van der Waals surface area (Å²) in [7, 11) is 0. The highest BCUT2D eigenvalue weighted by Crippen LogP contribution is 2.47. The number of benzene rings is 1. The van der Waals surface area contributed by atoms with Crippen LogP contribution >= 0.6 is 11.8 Å². The Hall–Kier alpha value is -2.47. The second kappa shape index (κ2) is 12.2. The van der Waals surface area contributed by atoms with E-state index in [1.807, 2.05) is 4.68 Å². The van der Waals surface area contributed by atoms with Crippen molar-refractivity contribution in [2.45, 2.75) is 56.5 Å². The second-order valence-electron chi connectivity index (χ2n) is 11.1. The summed E-state index contributed by atoms with van der Waals surface area (Å²) in [4.78, 5) is 15.2. The van der Waals surface area contributed by atoms with Crippen LogP contribution in [0.1, 0.15) is 71.2 Å². The lowest BCUT2D eigenvalue weighted by atomic mass is 9.73. The van der Waals surface area contributed by atoms with Crippen LogP contribution in [-0.4, -0.2) is 78.4 Å². The number of hydrogen-bond acceptors (Lipinski definition) is 7. The number of piperidine rings is 1. The van der Waals surface area contributed by atoms with Crippen LogP contribution in [0.4, 0.5) is 8.78 Å². The van der Waals surface area contributed by atoms with Crippen LogP contribution in [-0.2, 0) is 16.0 Å². The first-order chi connectivity index (χ1) is 19.5. The number of hydrogen-bond donors (Lipinski definition) is 2. The van der Waals surface area contributed by atoms with E-state index in [0.29, 0.717) is 19.7 Å². The molecule has 4 aliphatic heterocycles. The number of halogens is 2. The first kappa shape index (κ1) is 27.7. The van der Waals surface area contributed by atoms with E-state index in [2.05, 4.69) is 10.2 Å². The molecule has 40 heavy (non-hydrogen) atoms. The molecular weight excluding hydrogens is 536 g/mol. The Labute approximate surface area is 237 Å². The number of amides is 1. The van der Waals surface area contributed by atoms with Gasteiger partial charge in [0.15, 0.2) is 22.4 Å². The molecule has 0 aliphatic carbocycles. The summed E-state index contributed by atoms with van der Waals surface area (Å²) < 4.78 is 42.0. The van der Waals surface area contributed by atoms with Gasteiger partial charge in [-0.3, -0.25) is 14.4 Å². The Kier molecular flexibility index (Phi) is 8.43. The van der Waals surface area contributed by atoms with E-state index in [-0.39, 0.29) is 23.6 Å². The molecule has 6 rings (SSSR count). The van der Waals surface area contributed by atoms with Gasteiger partial charge in [0.25, 0.3) is 5.91 Å². The number of carbonyl (C=O) groups excluding carboxylic acids is 1. The summed E-state index contributed by atoms with van der Waals surface area (Å²) in [5, 5.41) is 9.33. The Morgan fingerprint density at radius 2 is 2.00 bits per heavy atom. The van der Waals surface area contributed by atoms with Crippen LogP contribution in [0.3, 0.4) is 0 Å². The van der Waals surface area contributed by atoms with Crippen LogP contribution in [0.2, 0.25) is 0 Å². The first-order valence-corrected chi connectivity index (χ1v) is 15.4. The molecule has 3 atom stereocenters. The van der Waals surface area contributed by atoms with Gasteiger partial charge in [0.1, 0.15) is 6.61 Å². The molecule has 2 aromatic rings. The molecule has 1 amide bonds. The van der Waals surface area contributed by atoms with Crippen molar-refractivity contribution in [1.82, 2.24) is 20.0 Å². The van der Waals surface area contributed by atoms with Crippen molar-refractivity contribution < 1.29 is 23.0 Å². The molecule has 0 spiro atoms. The third kappa shape index (κ3) is 5.66. The smallest absolute Gasteiger partial charge is 0.269 e. The topological polar surface area (TPSA) is 94.6 Å². The largest absolute Gasteiger partial charge is 0.485 e. The highest BCUT2D eigenvalue weighted by Gasteiger charge is 2.40. The number of ether oxygens (including phenoxy) is 2. The van der Waals surface area contributed by atoms with Crippen LogP contribution in [0.5, 0.6) is 0 Å². The lowest BCUT2D eigenvalue weighted by molar-refractivity contribution is 0.0367. The zero-order valence-electron chi connectivity index (χ0n) is 22.7. The van der Waals surface area contributed by atoms with Crippen molar-refractivity contribution in [1.29, 1.82) is 0 Å². The molecule has 1 aromatic carbocycles. The number of nitrogens with zero attached hydrogens (tertiary/aromatic N) is 3. The minimum Gasteiger partial charge on any atom is -0.485 e. The molecule has 0 saturated carbocycles. The van der Waals surface area contributed by atoms with Gasteiger partial charge in [-0.1, -0.05) is 17.8 Å². The van der Waals surface area contributed by atoms with Gasteiger partial charge in [-0.2, -0.15) is 5.10 Å². The van der Waals surface area contributed by atoms with Crippen molar-refractivity contribution in [3.8, 4) is 0 Å². The maximum Gasteiger partial charge on any atom is 0.269 e. The fourth-order valence-corrected chi connectivity index (χ4v) is 7.69. The summed E-state index contributed by atoms with van der Waals surface area (Å²) in [5.74, 6) is -1.63.